The summed E-state index contributed by atoms with van der Waals surface area (Å²) in [7, 11) is 0. The Morgan fingerprint density at radius 1 is 1.50 bits per heavy atom. The highest BCUT2D eigenvalue weighted by Crippen LogP contribution is 2.07. The highest BCUT2D eigenvalue weighted by atomic mass is 35.5. The zero-order valence-electron chi connectivity index (χ0n) is 11.5. The summed E-state index contributed by atoms with van der Waals surface area (Å²) in [5.41, 5.74) is 0. The summed E-state index contributed by atoms with van der Waals surface area (Å²) < 4.78 is 5.45. The Labute approximate surface area is 117 Å². The molecule has 2 N–H and O–H groups in total. The van der Waals surface area contributed by atoms with Crippen molar-refractivity contribution in [3.8, 4) is 0 Å². The SMILES string of the molecule is CC(C)COCCCNC(=O)CC1CCCN1.Cl. The minimum atomic E-state index is 0. The van der Waals surface area contributed by atoms with E-state index in [-0.39, 0.29) is 18.3 Å². The van der Waals surface area contributed by atoms with Gasteiger partial charge in [0, 0.05) is 32.2 Å². The largest absolute Gasteiger partial charge is 0.381 e. The van der Waals surface area contributed by atoms with Crippen LogP contribution in [0.3, 0.4) is 0 Å². The van der Waals surface area contributed by atoms with Crippen molar-refractivity contribution in [2.24, 2.45) is 5.92 Å². The average molecular weight is 279 g/mol. The standard InChI is InChI=1S/C13H26N2O2.ClH/c1-11(2)10-17-8-4-7-15-13(16)9-12-5-3-6-14-12;/h11-12,14H,3-10H2,1-2H3,(H,15,16);1H. The molecule has 0 radical (unpaired) electrons. The van der Waals surface area contributed by atoms with Gasteiger partial charge in [-0.05, 0) is 31.7 Å². The third-order valence-electron chi connectivity index (χ3n) is 2.83. The monoisotopic (exact) mass is 278 g/mol. The van der Waals surface area contributed by atoms with E-state index in [0.29, 0.717) is 18.4 Å². The molecule has 1 rings (SSSR count). The van der Waals surface area contributed by atoms with Crippen LogP contribution in [0.1, 0.15) is 39.5 Å². The molecule has 1 aliphatic rings. The first-order valence-electron chi connectivity index (χ1n) is 6.76. The number of nitrogens with one attached hydrogen (secondary N) is 2. The van der Waals surface area contributed by atoms with E-state index < -0.39 is 0 Å². The highest BCUT2D eigenvalue weighted by molar-refractivity contribution is 5.85. The van der Waals surface area contributed by atoms with Crippen molar-refractivity contribution in [2.75, 3.05) is 26.3 Å². The molecular weight excluding hydrogens is 252 g/mol. The number of carbonyl (C=O) groups is 1. The first-order valence-corrected chi connectivity index (χ1v) is 6.76. The topological polar surface area (TPSA) is 50.4 Å². The van der Waals surface area contributed by atoms with Crippen LogP contribution >= 0.6 is 12.4 Å². The van der Waals surface area contributed by atoms with Crippen molar-refractivity contribution in [1.82, 2.24) is 10.6 Å². The maximum Gasteiger partial charge on any atom is 0.221 e. The van der Waals surface area contributed by atoms with Gasteiger partial charge in [0.25, 0.3) is 0 Å². The molecule has 1 fully saturated rings. The maximum absolute atomic E-state index is 11.5. The van der Waals surface area contributed by atoms with E-state index in [9.17, 15) is 4.79 Å². The summed E-state index contributed by atoms with van der Waals surface area (Å²) >= 11 is 0. The van der Waals surface area contributed by atoms with Crippen LogP contribution in [0.15, 0.2) is 0 Å². The van der Waals surface area contributed by atoms with Crippen LogP contribution in [0, 0.1) is 5.92 Å². The summed E-state index contributed by atoms with van der Waals surface area (Å²) in [5.74, 6) is 0.742. The van der Waals surface area contributed by atoms with Crippen molar-refractivity contribution in [2.45, 2.75) is 45.6 Å². The van der Waals surface area contributed by atoms with E-state index in [2.05, 4.69) is 24.5 Å². The van der Waals surface area contributed by atoms with Crippen LogP contribution in [0.2, 0.25) is 0 Å². The third kappa shape index (κ3) is 8.72. The van der Waals surface area contributed by atoms with E-state index in [1.54, 1.807) is 0 Å². The molecule has 0 aromatic carbocycles. The van der Waals surface area contributed by atoms with Gasteiger partial charge in [0.05, 0.1) is 0 Å². The number of hydrogen-bond acceptors (Lipinski definition) is 3. The Morgan fingerprint density at radius 2 is 2.28 bits per heavy atom. The Morgan fingerprint density at radius 3 is 2.89 bits per heavy atom. The molecule has 0 bridgehead atoms. The van der Waals surface area contributed by atoms with Crippen LogP contribution in [0.4, 0.5) is 0 Å². The number of carbonyl (C=O) groups excluding carboxylic acids is 1. The number of rotatable bonds is 8. The number of halogens is 1. The van der Waals surface area contributed by atoms with Gasteiger partial charge in [0.1, 0.15) is 0 Å². The second kappa shape index (κ2) is 10.6. The molecule has 1 heterocycles. The molecule has 1 amide bonds. The molecule has 0 spiro atoms. The first-order chi connectivity index (χ1) is 8.18. The Hall–Kier alpha value is -0.320. The van der Waals surface area contributed by atoms with Gasteiger partial charge in [-0.15, -0.1) is 12.4 Å². The van der Waals surface area contributed by atoms with Gasteiger partial charge in [0.2, 0.25) is 5.91 Å². The minimum Gasteiger partial charge on any atom is -0.381 e. The maximum atomic E-state index is 11.5. The summed E-state index contributed by atoms with van der Waals surface area (Å²) in [5, 5.41) is 6.26. The molecule has 1 atom stereocenters. The van der Waals surface area contributed by atoms with Crippen LogP contribution < -0.4 is 10.6 Å². The molecule has 5 heteroatoms. The van der Waals surface area contributed by atoms with Crippen molar-refractivity contribution in [3.63, 3.8) is 0 Å². The second-order valence-electron chi connectivity index (χ2n) is 5.17. The molecular formula is C13H27ClN2O2. The molecule has 0 aromatic heterocycles. The summed E-state index contributed by atoms with van der Waals surface area (Å²) in [6.07, 6.45) is 3.84. The summed E-state index contributed by atoms with van der Waals surface area (Å²) in [4.78, 5) is 11.5. The quantitative estimate of drug-likeness (QED) is 0.665. The lowest BCUT2D eigenvalue weighted by molar-refractivity contribution is -0.121. The number of ether oxygens (including phenoxy) is 1. The van der Waals surface area contributed by atoms with Crippen molar-refractivity contribution in [3.05, 3.63) is 0 Å². The summed E-state index contributed by atoms with van der Waals surface area (Å²) in [6, 6.07) is 0.396. The Bertz CT molecular complexity index is 219. The average Bonchev–Trinajstić information content (AvgIpc) is 2.75. The zero-order chi connectivity index (χ0) is 12.5. The van der Waals surface area contributed by atoms with E-state index in [0.717, 1.165) is 39.1 Å². The summed E-state index contributed by atoms with van der Waals surface area (Å²) in [6.45, 7) is 7.59. The van der Waals surface area contributed by atoms with Crippen molar-refractivity contribution < 1.29 is 9.53 Å². The van der Waals surface area contributed by atoms with Crippen LogP contribution in [-0.4, -0.2) is 38.3 Å². The van der Waals surface area contributed by atoms with Gasteiger partial charge in [-0.2, -0.15) is 0 Å². The minimum absolute atomic E-state index is 0. The van der Waals surface area contributed by atoms with Crippen molar-refractivity contribution >= 4 is 18.3 Å². The van der Waals surface area contributed by atoms with Crippen LogP contribution in [0.5, 0.6) is 0 Å². The molecule has 108 valence electrons. The number of hydrogen-bond donors (Lipinski definition) is 2. The smallest absolute Gasteiger partial charge is 0.221 e. The van der Waals surface area contributed by atoms with E-state index in [1.165, 1.54) is 6.42 Å². The lowest BCUT2D eigenvalue weighted by Gasteiger charge is -2.10. The van der Waals surface area contributed by atoms with E-state index in [1.807, 2.05) is 0 Å². The highest BCUT2D eigenvalue weighted by Gasteiger charge is 2.16. The van der Waals surface area contributed by atoms with Gasteiger partial charge < -0.3 is 15.4 Å². The lowest BCUT2D eigenvalue weighted by atomic mass is 10.1. The molecule has 1 unspecified atom stereocenters. The van der Waals surface area contributed by atoms with E-state index >= 15 is 0 Å². The first kappa shape index (κ1) is 17.7. The second-order valence-corrected chi connectivity index (χ2v) is 5.17. The third-order valence-corrected chi connectivity index (χ3v) is 2.83. The van der Waals surface area contributed by atoms with Gasteiger partial charge in [-0.3, -0.25) is 4.79 Å². The normalized spacial score (nSPS) is 18.7. The van der Waals surface area contributed by atoms with Gasteiger partial charge >= 0.3 is 0 Å². The molecule has 0 saturated carbocycles. The molecule has 1 saturated heterocycles. The van der Waals surface area contributed by atoms with Gasteiger partial charge in [-0.25, -0.2) is 0 Å². The molecule has 18 heavy (non-hydrogen) atoms. The van der Waals surface area contributed by atoms with Gasteiger partial charge in [-0.1, -0.05) is 13.8 Å². The fraction of sp³-hybridized carbons (Fsp3) is 0.923. The fourth-order valence-electron chi connectivity index (χ4n) is 1.95. The molecule has 0 aliphatic carbocycles. The van der Waals surface area contributed by atoms with E-state index in [4.69, 9.17) is 4.74 Å². The predicted molar refractivity (Wildman–Crippen MR) is 76.2 cm³/mol. The molecule has 1 aliphatic heterocycles. The van der Waals surface area contributed by atoms with Crippen LogP contribution in [-0.2, 0) is 9.53 Å². The zero-order valence-corrected chi connectivity index (χ0v) is 12.4. The number of amides is 1. The lowest BCUT2D eigenvalue weighted by Crippen LogP contribution is -2.32. The Kier molecular flexibility index (Phi) is 10.4. The Balaban J connectivity index is 0.00000289. The van der Waals surface area contributed by atoms with Gasteiger partial charge in [0.15, 0.2) is 0 Å². The van der Waals surface area contributed by atoms with Crippen molar-refractivity contribution in [1.29, 1.82) is 0 Å². The predicted octanol–water partition coefficient (Wildman–Crippen LogP) is 1.73. The van der Waals surface area contributed by atoms with Crippen LogP contribution in [0.25, 0.3) is 0 Å². The molecule has 0 aromatic rings. The fourth-order valence-corrected chi connectivity index (χ4v) is 1.95. The molecule has 4 nitrogen and oxygen atoms in total.